The second kappa shape index (κ2) is 9.13. The topological polar surface area (TPSA) is 70.2 Å². The van der Waals surface area contributed by atoms with Crippen molar-refractivity contribution in [3.05, 3.63) is 77.5 Å². The Morgan fingerprint density at radius 2 is 1.70 bits per heavy atom. The van der Waals surface area contributed by atoms with Gasteiger partial charge in [0.1, 0.15) is 17.5 Å². The van der Waals surface area contributed by atoms with Gasteiger partial charge >= 0.3 is 0 Å². The third-order valence-electron chi connectivity index (χ3n) is 4.08. The molecule has 30 heavy (non-hydrogen) atoms. The number of amides is 1. The Labute approximate surface area is 173 Å². The van der Waals surface area contributed by atoms with Crippen LogP contribution >= 0.6 is 0 Å². The zero-order chi connectivity index (χ0) is 21.7. The molecular weight excluding hydrogens is 388 g/mol. The number of benzene rings is 2. The number of rotatable bonds is 6. The third kappa shape index (κ3) is 5.60. The van der Waals surface area contributed by atoms with Gasteiger partial charge in [0.05, 0.1) is 0 Å². The molecule has 0 bridgehead atoms. The van der Waals surface area contributed by atoms with E-state index in [-0.39, 0.29) is 5.56 Å². The zero-order valence-electron chi connectivity index (χ0n) is 16.8. The van der Waals surface area contributed by atoms with Gasteiger partial charge < -0.3 is 15.5 Å². The molecule has 0 fully saturated rings. The lowest BCUT2D eigenvalue weighted by molar-refractivity contribution is -0.111. The van der Waals surface area contributed by atoms with Crippen molar-refractivity contribution in [1.82, 2.24) is 9.97 Å². The Balaban J connectivity index is 1.64. The van der Waals surface area contributed by atoms with Gasteiger partial charge in [-0.25, -0.2) is 13.8 Å². The first kappa shape index (κ1) is 20.9. The molecule has 0 saturated heterocycles. The molecular formula is C22H21F2N5O. The summed E-state index contributed by atoms with van der Waals surface area (Å²) in [5, 5.41) is 5.79. The molecule has 6 nitrogen and oxygen atoms in total. The van der Waals surface area contributed by atoms with Crippen LogP contribution in [0.5, 0.6) is 0 Å². The Morgan fingerprint density at radius 1 is 1.00 bits per heavy atom. The first-order valence-electron chi connectivity index (χ1n) is 9.14. The van der Waals surface area contributed by atoms with Crippen molar-refractivity contribution in [1.29, 1.82) is 0 Å². The van der Waals surface area contributed by atoms with Crippen molar-refractivity contribution in [2.75, 3.05) is 29.6 Å². The van der Waals surface area contributed by atoms with Gasteiger partial charge in [-0.05, 0) is 55.5 Å². The van der Waals surface area contributed by atoms with Crippen molar-refractivity contribution in [3.8, 4) is 0 Å². The molecule has 1 amide bonds. The quantitative estimate of drug-likeness (QED) is 0.586. The van der Waals surface area contributed by atoms with E-state index in [1.54, 1.807) is 24.3 Å². The number of carbonyl (C=O) groups excluding carboxylic acids is 1. The van der Waals surface area contributed by atoms with Crippen molar-refractivity contribution in [2.45, 2.75) is 6.92 Å². The van der Waals surface area contributed by atoms with E-state index in [9.17, 15) is 13.6 Å². The fourth-order valence-electron chi connectivity index (χ4n) is 2.59. The fourth-order valence-corrected chi connectivity index (χ4v) is 2.59. The number of hydrogen-bond acceptors (Lipinski definition) is 5. The van der Waals surface area contributed by atoms with Gasteiger partial charge in [0, 0.05) is 48.9 Å². The normalized spacial score (nSPS) is 10.8. The molecule has 2 aromatic carbocycles. The maximum absolute atomic E-state index is 13.6. The lowest BCUT2D eigenvalue weighted by Crippen LogP contribution is -2.12. The van der Waals surface area contributed by atoms with Crippen LogP contribution in [0.1, 0.15) is 11.3 Å². The van der Waals surface area contributed by atoms with Crippen molar-refractivity contribution < 1.29 is 13.6 Å². The Morgan fingerprint density at radius 3 is 2.40 bits per heavy atom. The van der Waals surface area contributed by atoms with E-state index < -0.39 is 17.5 Å². The molecule has 0 spiro atoms. The summed E-state index contributed by atoms with van der Waals surface area (Å²) in [7, 11) is 3.81. The van der Waals surface area contributed by atoms with E-state index in [0.29, 0.717) is 11.6 Å². The van der Waals surface area contributed by atoms with Gasteiger partial charge in [0.15, 0.2) is 0 Å². The van der Waals surface area contributed by atoms with Crippen LogP contribution in [0.2, 0.25) is 0 Å². The molecule has 3 aromatic rings. The molecule has 3 rings (SSSR count). The molecule has 1 heterocycles. The highest BCUT2D eigenvalue weighted by atomic mass is 19.1. The molecule has 1 aromatic heterocycles. The van der Waals surface area contributed by atoms with E-state index in [0.717, 1.165) is 41.5 Å². The average molecular weight is 409 g/mol. The molecule has 2 N–H and O–H groups in total. The highest BCUT2D eigenvalue weighted by Crippen LogP contribution is 2.19. The van der Waals surface area contributed by atoms with E-state index in [1.165, 1.54) is 6.08 Å². The van der Waals surface area contributed by atoms with Gasteiger partial charge in [-0.1, -0.05) is 0 Å². The van der Waals surface area contributed by atoms with Crippen LogP contribution in [-0.4, -0.2) is 30.0 Å². The number of aromatic nitrogens is 2. The number of anilines is 4. The van der Waals surface area contributed by atoms with Gasteiger partial charge in [0.2, 0.25) is 11.9 Å². The van der Waals surface area contributed by atoms with Gasteiger partial charge in [-0.3, -0.25) is 4.79 Å². The average Bonchev–Trinajstić information content (AvgIpc) is 2.69. The smallest absolute Gasteiger partial charge is 0.248 e. The second-order valence-electron chi connectivity index (χ2n) is 6.78. The minimum Gasteiger partial charge on any atom is -0.363 e. The minimum absolute atomic E-state index is 0.0000501. The van der Waals surface area contributed by atoms with Crippen molar-refractivity contribution in [3.63, 3.8) is 0 Å². The van der Waals surface area contributed by atoms with Crippen LogP contribution in [0.3, 0.4) is 0 Å². The summed E-state index contributed by atoms with van der Waals surface area (Å²) in [6.45, 7) is 1.89. The summed E-state index contributed by atoms with van der Waals surface area (Å²) in [4.78, 5) is 22.7. The van der Waals surface area contributed by atoms with Crippen LogP contribution < -0.4 is 15.5 Å². The number of carbonyl (C=O) groups is 1. The van der Waals surface area contributed by atoms with E-state index in [2.05, 4.69) is 20.6 Å². The Bertz CT molecular complexity index is 1080. The monoisotopic (exact) mass is 409 g/mol. The summed E-state index contributed by atoms with van der Waals surface area (Å²) in [5.74, 6) is -0.385. The summed E-state index contributed by atoms with van der Waals surface area (Å²) >= 11 is 0. The molecule has 0 aliphatic carbocycles. The fraction of sp³-hybridized carbons (Fsp3) is 0.136. The van der Waals surface area contributed by atoms with Crippen LogP contribution in [0, 0.1) is 18.6 Å². The molecule has 0 aliphatic rings. The van der Waals surface area contributed by atoms with E-state index in [1.807, 2.05) is 32.0 Å². The van der Waals surface area contributed by atoms with Crippen LogP contribution in [-0.2, 0) is 4.79 Å². The summed E-state index contributed by atoms with van der Waals surface area (Å²) < 4.78 is 26.8. The molecule has 0 atom stereocenters. The SMILES string of the molecule is Cc1cc(N(C)C)nc(Nc2ccc(NC(=O)/C=C/c3cc(F)ccc3F)cc2)n1. The predicted molar refractivity (Wildman–Crippen MR) is 115 cm³/mol. The molecule has 0 unspecified atom stereocenters. The number of halogens is 2. The van der Waals surface area contributed by atoms with Crippen LogP contribution in [0.25, 0.3) is 6.08 Å². The van der Waals surface area contributed by atoms with Crippen LogP contribution in [0.15, 0.2) is 54.6 Å². The first-order valence-corrected chi connectivity index (χ1v) is 9.14. The summed E-state index contributed by atoms with van der Waals surface area (Å²) in [6.07, 6.45) is 2.37. The number of nitrogens with zero attached hydrogens (tertiary/aromatic N) is 3. The predicted octanol–water partition coefficient (Wildman–Crippen LogP) is 4.52. The van der Waals surface area contributed by atoms with Gasteiger partial charge in [0.25, 0.3) is 0 Å². The van der Waals surface area contributed by atoms with E-state index >= 15 is 0 Å². The maximum Gasteiger partial charge on any atom is 0.248 e. The highest BCUT2D eigenvalue weighted by molar-refractivity contribution is 6.02. The standard InChI is InChI=1S/C22H21F2N5O/c1-14-12-20(29(2)3)28-22(25-14)27-18-8-6-17(7-9-18)26-21(30)11-4-15-13-16(23)5-10-19(15)24/h4-13H,1-3H3,(H,26,30)(H,25,27,28)/b11-4+. The number of hydrogen-bond donors (Lipinski definition) is 2. The molecule has 0 radical (unpaired) electrons. The summed E-state index contributed by atoms with van der Waals surface area (Å²) in [5.41, 5.74) is 2.14. The molecule has 8 heteroatoms. The minimum atomic E-state index is -0.605. The number of nitrogens with one attached hydrogen (secondary N) is 2. The van der Waals surface area contributed by atoms with Crippen molar-refractivity contribution >= 4 is 35.1 Å². The summed E-state index contributed by atoms with van der Waals surface area (Å²) in [6, 6.07) is 11.9. The zero-order valence-corrected chi connectivity index (χ0v) is 16.8. The van der Waals surface area contributed by atoms with Crippen LogP contribution in [0.4, 0.5) is 31.9 Å². The third-order valence-corrected chi connectivity index (χ3v) is 4.08. The molecule has 154 valence electrons. The van der Waals surface area contributed by atoms with Gasteiger partial charge in [-0.2, -0.15) is 4.98 Å². The maximum atomic E-state index is 13.6. The highest BCUT2D eigenvalue weighted by Gasteiger charge is 2.06. The molecule has 0 saturated carbocycles. The first-order chi connectivity index (χ1) is 14.3. The molecule has 0 aliphatic heterocycles. The lowest BCUT2D eigenvalue weighted by Gasteiger charge is -2.14. The van der Waals surface area contributed by atoms with E-state index in [4.69, 9.17) is 0 Å². The Hall–Kier alpha value is -3.81. The van der Waals surface area contributed by atoms with Gasteiger partial charge in [-0.15, -0.1) is 0 Å². The second-order valence-corrected chi connectivity index (χ2v) is 6.78. The largest absolute Gasteiger partial charge is 0.363 e. The lowest BCUT2D eigenvalue weighted by atomic mass is 10.2. The Kier molecular flexibility index (Phi) is 6.36. The van der Waals surface area contributed by atoms with Crippen molar-refractivity contribution in [2.24, 2.45) is 0 Å². The number of aryl methyl sites for hydroxylation is 1.